The number of ether oxygens (including phenoxy) is 2. The summed E-state index contributed by atoms with van der Waals surface area (Å²) in [6, 6.07) is 27.5. The van der Waals surface area contributed by atoms with Crippen LogP contribution in [-0.4, -0.2) is 71.9 Å². The predicted octanol–water partition coefficient (Wildman–Crippen LogP) is 8.98. The molecule has 2 aliphatic heterocycles. The summed E-state index contributed by atoms with van der Waals surface area (Å²) in [5, 5.41) is 22.0. The van der Waals surface area contributed by atoms with Crippen molar-refractivity contribution >= 4 is 93.4 Å². The van der Waals surface area contributed by atoms with Crippen LogP contribution in [0.5, 0.6) is 0 Å². The molecular weight excluding hydrogens is 860 g/mol. The second-order valence-electron chi connectivity index (χ2n) is 13.2. The van der Waals surface area contributed by atoms with E-state index in [0.29, 0.717) is 76.7 Å². The third-order valence-electron chi connectivity index (χ3n) is 9.36. The quantitative estimate of drug-likeness (QED) is 0.0487. The number of anilines is 2. The first kappa shape index (κ1) is 46.4. The van der Waals surface area contributed by atoms with Gasteiger partial charge in [0.05, 0.1) is 45.2 Å². The molecule has 0 unspecified atom stereocenters. The van der Waals surface area contributed by atoms with Crippen molar-refractivity contribution in [2.45, 2.75) is 26.7 Å². The van der Waals surface area contributed by atoms with E-state index in [2.05, 4.69) is 17.4 Å². The van der Waals surface area contributed by atoms with E-state index < -0.39 is 9.85 Å². The molecule has 1 aromatic heterocycles. The van der Waals surface area contributed by atoms with Crippen LogP contribution in [0.3, 0.4) is 0 Å². The molecule has 0 spiro atoms. The maximum absolute atomic E-state index is 13.2. The lowest BCUT2D eigenvalue weighted by Gasteiger charge is -2.23. The molecule has 0 fully saturated rings. The summed E-state index contributed by atoms with van der Waals surface area (Å²) in [7, 11) is 0. The topological polar surface area (TPSA) is 197 Å². The number of esters is 2. The average Bonchev–Trinajstić information content (AvgIpc) is 3.58. The van der Waals surface area contributed by atoms with E-state index in [1.165, 1.54) is 64.8 Å². The fourth-order valence-corrected chi connectivity index (χ4v) is 7.96. The van der Waals surface area contributed by atoms with Crippen LogP contribution in [0.2, 0.25) is 0 Å². The number of carbonyl (C=O) groups is 5. The fourth-order valence-electron chi connectivity index (χ4n) is 6.43. The van der Waals surface area contributed by atoms with Crippen molar-refractivity contribution in [3.05, 3.63) is 156 Å². The molecular formula is C44H39ClN4O11S2. The van der Waals surface area contributed by atoms with E-state index in [9.17, 15) is 44.2 Å². The van der Waals surface area contributed by atoms with E-state index in [1.807, 2.05) is 30.3 Å². The molecule has 3 heterocycles. The van der Waals surface area contributed by atoms with Crippen LogP contribution < -0.4 is 9.80 Å². The molecule has 2 amide bonds. The zero-order valence-electron chi connectivity index (χ0n) is 33.4. The summed E-state index contributed by atoms with van der Waals surface area (Å²) in [4.78, 5) is 85.0. The second-order valence-corrected chi connectivity index (χ2v) is 14.9. The maximum atomic E-state index is 13.2. The summed E-state index contributed by atoms with van der Waals surface area (Å²) < 4.78 is 9.60. The van der Waals surface area contributed by atoms with E-state index in [-0.39, 0.29) is 47.4 Å². The number of aldehydes is 1. The van der Waals surface area contributed by atoms with Crippen LogP contribution in [0.4, 0.5) is 22.7 Å². The summed E-state index contributed by atoms with van der Waals surface area (Å²) >= 11 is 11.4. The van der Waals surface area contributed by atoms with Crippen LogP contribution in [0.15, 0.2) is 109 Å². The first-order valence-corrected chi connectivity index (χ1v) is 20.9. The fraction of sp³-hybridized carbons (Fsp3) is 0.205. The number of hydrogen-bond acceptors (Lipinski definition) is 13. The molecule has 0 radical (unpaired) electrons. The largest absolute Gasteiger partial charge is 0.465 e. The molecule has 0 saturated carbocycles. The Morgan fingerprint density at radius 1 is 0.742 bits per heavy atom. The number of amides is 2. The maximum Gasteiger partial charge on any atom is 0.348 e. The van der Waals surface area contributed by atoms with Crippen molar-refractivity contribution in [1.29, 1.82) is 0 Å². The highest BCUT2D eigenvalue weighted by Gasteiger charge is 2.29. The van der Waals surface area contributed by atoms with Gasteiger partial charge in [-0.2, -0.15) is 12.6 Å². The van der Waals surface area contributed by atoms with Crippen molar-refractivity contribution in [3.8, 4) is 10.4 Å². The molecule has 0 saturated heterocycles. The highest BCUT2D eigenvalue weighted by atomic mass is 35.5. The van der Waals surface area contributed by atoms with Gasteiger partial charge in [0.2, 0.25) is 0 Å². The van der Waals surface area contributed by atoms with Crippen molar-refractivity contribution < 1.29 is 43.3 Å². The Bertz CT molecular complexity index is 2520. The number of thiophene rings is 1. The average molecular weight is 899 g/mol. The van der Waals surface area contributed by atoms with Crippen molar-refractivity contribution in [2.24, 2.45) is 0 Å². The van der Waals surface area contributed by atoms with Crippen LogP contribution in [0, 0.1) is 20.2 Å². The van der Waals surface area contributed by atoms with Crippen molar-refractivity contribution in [3.63, 3.8) is 0 Å². The lowest BCUT2D eigenvalue weighted by molar-refractivity contribution is -0.385. The molecule has 0 bridgehead atoms. The number of halogens is 1. The van der Waals surface area contributed by atoms with Gasteiger partial charge in [0.15, 0.2) is 0 Å². The Balaban J connectivity index is 0.000000206. The van der Waals surface area contributed by atoms with Gasteiger partial charge in [0.25, 0.3) is 23.2 Å². The number of thiol groups is 1. The number of hydrogen-bond donors (Lipinski definition) is 1. The number of fused-ring (bicyclic) bond motifs is 4. The smallest absolute Gasteiger partial charge is 0.348 e. The van der Waals surface area contributed by atoms with Gasteiger partial charge in [-0.3, -0.25) is 39.4 Å². The lowest BCUT2D eigenvalue weighted by Crippen LogP contribution is -2.32. The number of rotatable bonds is 9. The van der Waals surface area contributed by atoms with E-state index in [1.54, 1.807) is 43.0 Å². The third-order valence-corrected chi connectivity index (χ3v) is 11.3. The first-order valence-electron chi connectivity index (χ1n) is 19.0. The van der Waals surface area contributed by atoms with E-state index in [4.69, 9.17) is 16.3 Å². The number of benzene rings is 4. The Morgan fingerprint density at radius 3 is 1.69 bits per heavy atom. The molecule has 5 aromatic rings. The highest BCUT2D eigenvalue weighted by molar-refractivity contribution is 7.81. The number of nitrogens with zero attached hydrogens (tertiary/aromatic N) is 4. The highest BCUT2D eigenvalue weighted by Crippen LogP contribution is 2.42. The van der Waals surface area contributed by atoms with Crippen LogP contribution >= 0.6 is 35.6 Å². The molecule has 0 aliphatic carbocycles. The van der Waals surface area contributed by atoms with Gasteiger partial charge in [0, 0.05) is 70.1 Å². The van der Waals surface area contributed by atoms with Crippen LogP contribution in [0.1, 0.15) is 61.8 Å². The van der Waals surface area contributed by atoms with Crippen molar-refractivity contribution in [2.75, 3.05) is 41.9 Å². The molecule has 4 aromatic carbocycles. The summed E-state index contributed by atoms with van der Waals surface area (Å²) in [6.45, 7) is 5.01. The summed E-state index contributed by atoms with van der Waals surface area (Å²) in [5.74, 6) is -0.955. The normalized spacial score (nSPS) is 12.6. The molecule has 15 nitrogen and oxygen atoms in total. The number of para-hydroxylation sites is 2. The van der Waals surface area contributed by atoms with Gasteiger partial charge >= 0.3 is 11.9 Å². The first-order chi connectivity index (χ1) is 29.8. The van der Waals surface area contributed by atoms with Crippen LogP contribution in [0.25, 0.3) is 15.5 Å². The minimum atomic E-state index is -0.518. The number of non-ortho nitro benzene ring substituents is 2. The third kappa shape index (κ3) is 11.0. The monoisotopic (exact) mass is 898 g/mol. The SMILES string of the molecule is CCOC(=O)CS.CCOC(=O)c1cc2c(s1)-c1ccccc1N(C(=O)c1ccc([N+](=O)[O-])cc1)CC2.O=CC1=C(Cl)c2ccccc2N(C(=O)c2ccc([N+](=O)[O-])cc2)CC1. The summed E-state index contributed by atoms with van der Waals surface area (Å²) in [6.07, 6.45) is 1.62. The zero-order chi connectivity index (χ0) is 44.9. The second kappa shape index (κ2) is 21.7. The lowest BCUT2D eigenvalue weighted by atomic mass is 10.1. The molecule has 0 N–H and O–H groups in total. The van der Waals surface area contributed by atoms with Crippen LogP contribution in [-0.2, 0) is 25.5 Å². The Kier molecular flexibility index (Phi) is 16.2. The van der Waals surface area contributed by atoms with E-state index >= 15 is 0 Å². The number of nitro groups is 2. The molecule has 7 rings (SSSR count). The van der Waals surface area contributed by atoms with E-state index in [0.717, 1.165) is 21.7 Å². The number of nitro benzene ring substituents is 2. The molecule has 18 heteroatoms. The molecule has 2 aliphatic rings. The Morgan fingerprint density at radius 2 is 1.23 bits per heavy atom. The predicted molar refractivity (Wildman–Crippen MR) is 239 cm³/mol. The number of carbonyl (C=O) groups excluding carboxylic acids is 5. The Labute approximate surface area is 370 Å². The molecule has 0 atom stereocenters. The Hall–Kier alpha value is -6.69. The summed E-state index contributed by atoms with van der Waals surface area (Å²) in [5.41, 5.74) is 4.84. The zero-order valence-corrected chi connectivity index (χ0v) is 35.8. The minimum Gasteiger partial charge on any atom is -0.465 e. The minimum absolute atomic E-state index is 0.0588. The van der Waals surface area contributed by atoms with Gasteiger partial charge in [-0.15, -0.1) is 11.3 Å². The van der Waals surface area contributed by atoms with Gasteiger partial charge in [-0.25, -0.2) is 4.79 Å². The molecule has 320 valence electrons. The van der Waals surface area contributed by atoms with Gasteiger partial charge < -0.3 is 19.3 Å². The van der Waals surface area contributed by atoms with Gasteiger partial charge in [0.1, 0.15) is 11.2 Å². The molecule has 62 heavy (non-hydrogen) atoms. The van der Waals surface area contributed by atoms with Gasteiger partial charge in [-0.1, -0.05) is 48.0 Å². The van der Waals surface area contributed by atoms with Gasteiger partial charge in [-0.05, 0) is 74.7 Å². The van der Waals surface area contributed by atoms with Crippen molar-refractivity contribution in [1.82, 2.24) is 0 Å². The standard InChI is InChI=1S/C22H18N2O5S.C18H13ClN2O4.C4H8O2S/c1-2-29-22(26)19-13-15-11-12-23(18-6-4-3-5-17(18)20(15)30-19)21(25)14-7-9-16(10-8-14)24(27)28;19-17-13(11-22)9-10-20(16-4-2-1-3-15(16)17)18(23)12-5-7-14(8-6-12)21(24)25;1-2-6-4(5)3-7/h3-10,13H,2,11-12H2,1H3;1-8,11H,9-10H2;7H,2-3H2,1H3.